The summed E-state index contributed by atoms with van der Waals surface area (Å²) in [6, 6.07) is 5.15. The number of methoxy groups -OCH3 is 1. The second kappa shape index (κ2) is 6.56. The third-order valence-electron chi connectivity index (χ3n) is 2.11. The molecule has 0 bridgehead atoms. The lowest BCUT2D eigenvalue weighted by molar-refractivity contribution is -0.384. The zero-order valence-electron chi connectivity index (χ0n) is 9.25. The molecule has 17 heavy (non-hydrogen) atoms. The minimum absolute atomic E-state index is 0. The molecule has 4 N–H and O–H groups in total. The van der Waals surface area contributed by atoms with Gasteiger partial charge in [0.05, 0.1) is 12.0 Å². The Morgan fingerprint density at radius 3 is 2.41 bits per heavy atom. The van der Waals surface area contributed by atoms with Gasteiger partial charge in [-0.3, -0.25) is 14.9 Å². The lowest BCUT2D eigenvalue weighted by atomic mass is 10.1. The molecule has 0 amide bonds. The molecule has 1 aromatic rings. The molecule has 1 aromatic carbocycles. The molecule has 0 aliphatic rings. The van der Waals surface area contributed by atoms with E-state index < -0.39 is 16.9 Å². The summed E-state index contributed by atoms with van der Waals surface area (Å²) >= 11 is 0. The number of hydrogen-bond donors (Lipinski definition) is 1. The Morgan fingerprint density at radius 2 is 2.00 bits per heavy atom. The molecule has 0 aliphatic carbocycles. The summed E-state index contributed by atoms with van der Waals surface area (Å²) in [5.74, 6) is -0.502. The van der Waals surface area contributed by atoms with Crippen molar-refractivity contribution in [2.45, 2.75) is 12.5 Å². The van der Waals surface area contributed by atoms with Gasteiger partial charge in [0.25, 0.3) is 5.69 Å². The predicted octanol–water partition coefficient (Wildman–Crippen LogP) is -0.187. The van der Waals surface area contributed by atoms with Crippen molar-refractivity contribution in [3.8, 4) is 0 Å². The molecule has 0 aromatic heterocycles. The number of carbonyl (C=O) groups excluding carboxylic acids is 1. The molecular weight excluding hydrogens is 228 g/mol. The van der Waals surface area contributed by atoms with E-state index in [0.29, 0.717) is 6.42 Å². The average molecular weight is 242 g/mol. The number of benzene rings is 1. The van der Waals surface area contributed by atoms with Gasteiger partial charge in [0.1, 0.15) is 6.04 Å². The molecule has 7 heteroatoms. The standard InChI is InChI=1S/C10H12N2O4.H2O/c1-16-10(13)9(11)6-7-2-4-8(5-3-7)12(14)15;/h2-5,9H,6,11H2,1H3;1H2/t9-;/m1./s1. The first kappa shape index (κ1) is 15.0. The molecule has 0 spiro atoms. The van der Waals surface area contributed by atoms with E-state index in [1.165, 1.54) is 19.2 Å². The Morgan fingerprint density at radius 1 is 1.47 bits per heavy atom. The van der Waals surface area contributed by atoms with Crippen molar-refractivity contribution < 1.29 is 19.9 Å². The lowest BCUT2D eigenvalue weighted by Crippen LogP contribution is -2.33. The number of nitrogens with zero attached hydrogens (tertiary/aromatic N) is 1. The minimum Gasteiger partial charge on any atom is -0.468 e. The second-order valence-electron chi connectivity index (χ2n) is 3.26. The smallest absolute Gasteiger partial charge is 0.322 e. The summed E-state index contributed by atoms with van der Waals surface area (Å²) in [6.07, 6.45) is 0.296. The van der Waals surface area contributed by atoms with E-state index in [1.807, 2.05) is 0 Å². The number of carbonyl (C=O) groups is 1. The van der Waals surface area contributed by atoms with Crippen molar-refractivity contribution in [3.05, 3.63) is 39.9 Å². The summed E-state index contributed by atoms with van der Waals surface area (Å²) in [7, 11) is 1.26. The first-order valence-electron chi connectivity index (χ1n) is 4.61. The predicted molar refractivity (Wildman–Crippen MR) is 60.4 cm³/mol. The van der Waals surface area contributed by atoms with Gasteiger partial charge in [-0.25, -0.2) is 0 Å². The molecule has 0 aliphatic heterocycles. The van der Waals surface area contributed by atoms with Crippen molar-refractivity contribution in [1.29, 1.82) is 0 Å². The van der Waals surface area contributed by atoms with Gasteiger partial charge in [-0.1, -0.05) is 12.1 Å². The number of esters is 1. The van der Waals surface area contributed by atoms with Crippen LogP contribution < -0.4 is 5.73 Å². The number of ether oxygens (including phenoxy) is 1. The van der Waals surface area contributed by atoms with Crippen LogP contribution in [0.1, 0.15) is 5.56 Å². The van der Waals surface area contributed by atoms with Crippen molar-refractivity contribution in [1.82, 2.24) is 0 Å². The molecule has 0 saturated carbocycles. The molecule has 0 unspecified atom stereocenters. The van der Waals surface area contributed by atoms with Crippen molar-refractivity contribution in [3.63, 3.8) is 0 Å². The van der Waals surface area contributed by atoms with E-state index in [4.69, 9.17) is 5.73 Å². The Labute approximate surface area is 97.6 Å². The van der Waals surface area contributed by atoms with Crippen LogP contribution in [0.25, 0.3) is 0 Å². The highest BCUT2D eigenvalue weighted by molar-refractivity contribution is 5.75. The van der Waals surface area contributed by atoms with Crippen LogP contribution >= 0.6 is 0 Å². The second-order valence-corrected chi connectivity index (χ2v) is 3.26. The van der Waals surface area contributed by atoms with E-state index in [1.54, 1.807) is 12.1 Å². The number of nitro benzene ring substituents is 1. The molecular formula is C10H14N2O5. The monoisotopic (exact) mass is 242 g/mol. The topological polar surface area (TPSA) is 127 Å². The Kier molecular flexibility index (Phi) is 5.79. The maximum absolute atomic E-state index is 11.0. The minimum atomic E-state index is -0.744. The quantitative estimate of drug-likeness (QED) is 0.444. The van der Waals surface area contributed by atoms with Gasteiger partial charge in [-0.15, -0.1) is 0 Å². The van der Waals surface area contributed by atoms with Gasteiger partial charge in [0.15, 0.2) is 0 Å². The van der Waals surface area contributed by atoms with Crippen LogP contribution in [0.3, 0.4) is 0 Å². The number of nitro groups is 1. The van der Waals surface area contributed by atoms with Crippen molar-refractivity contribution in [2.24, 2.45) is 5.73 Å². The molecule has 1 rings (SSSR count). The van der Waals surface area contributed by atoms with Gasteiger partial charge in [0, 0.05) is 12.1 Å². The Hall–Kier alpha value is -1.99. The van der Waals surface area contributed by atoms with E-state index in [9.17, 15) is 14.9 Å². The van der Waals surface area contributed by atoms with Crippen LogP contribution in [0.4, 0.5) is 5.69 Å². The van der Waals surface area contributed by atoms with Gasteiger partial charge < -0.3 is 15.9 Å². The van der Waals surface area contributed by atoms with E-state index >= 15 is 0 Å². The molecule has 7 nitrogen and oxygen atoms in total. The fraction of sp³-hybridized carbons (Fsp3) is 0.300. The van der Waals surface area contributed by atoms with Crippen LogP contribution in [-0.2, 0) is 16.0 Å². The van der Waals surface area contributed by atoms with Gasteiger partial charge in [-0.05, 0) is 12.0 Å². The first-order valence-corrected chi connectivity index (χ1v) is 4.61. The van der Waals surface area contributed by atoms with Crippen LogP contribution in [-0.4, -0.2) is 29.5 Å². The zero-order valence-corrected chi connectivity index (χ0v) is 9.25. The van der Waals surface area contributed by atoms with E-state index in [0.717, 1.165) is 5.56 Å². The molecule has 0 heterocycles. The molecule has 0 saturated heterocycles. The lowest BCUT2D eigenvalue weighted by Gasteiger charge is -2.08. The normalized spacial score (nSPS) is 11.2. The fourth-order valence-corrected chi connectivity index (χ4v) is 1.24. The van der Waals surface area contributed by atoms with Gasteiger partial charge in [-0.2, -0.15) is 0 Å². The van der Waals surface area contributed by atoms with Crippen LogP contribution in [0.2, 0.25) is 0 Å². The SMILES string of the molecule is COC(=O)[C@H](N)Cc1ccc([N+](=O)[O-])cc1.O. The summed E-state index contributed by atoms with van der Waals surface area (Å²) in [4.78, 5) is 20.9. The summed E-state index contributed by atoms with van der Waals surface area (Å²) < 4.78 is 4.47. The summed E-state index contributed by atoms with van der Waals surface area (Å²) in [5.41, 5.74) is 6.31. The highest BCUT2D eigenvalue weighted by Crippen LogP contribution is 2.12. The van der Waals surface area contributed by atoms with Gasteiger partial charge >= 0.3 is 5.97 Å². The third kappa shape index (κ3) is 4.17. The van der Waals surface area contributed by atoms with Crippen molar-refractivity contribution in [2.75, 3.05) is 7.11 Å². The van der Waals surface area contributed by atoms with Gasteiger partial charge in [0.2, 0.25) is 0 Å². The summed E-state index contributed by atoms with van der Waals surface area (Å²) in [5, 5.41) is 10.4. The van der Waals surface area contributed by atoms with E-state index in [2.05, 4.69) is 4.74 Å². The maximum atomic E-state index is 11.0. The number of nitrogens with two attached hydrogens (primary N) is 1. The van der Waals surface area contributed by atoms with Crippen LogP contribution in [0.15, 0.2) is 24.3 Å². The maximum Gasteiger partial charge on any atom is 0.322 e. The van der Waals surface area contributed by atoms with Crippen LogP contribution in [0.5, 0.6) is 0 Å². The highest BCUT2D eigenvalue weighted by Gasteiger charge is 2.14. The number of hydrogen-bond acceptors (Lipinski definition) is 5. The highest BCUT2D eigenvalue weighted by atomic mass is 16.6. The molecule has 1 atom stereocenters. The van der Waals surface area contributed by atoms with E-state index in [-0.39, 0.29) is 11.2 Å². The Balaban J connectivity index is 0.00000256. The largest absolute Gasteiger partial charge is 0.468 e. The van der Waals surface area contributed by atoms with Crippen LogP contribution in [0, 0.1) is 10.1 Å². The number of rotatable bonds is 4. The first-order chi connectivity index (χ1) is 7.54. The molecule has 0 radical (unpaired) electrons. The fourth-order valence-electron chi connectivity index (χ4n) is 1.24. The Bertz CT molecular complexity index is 390. The molecule has 94 valence electrons. The third-order valence-corrected chi connectivity index (χ3v) is 2.11. The van der Waals surface area contributed by atoms with Crippen molar-refractivity contribution >= 4 is 11.7 Å². The molecule has 0 fully saturated rings. The average Bonchev–Trinajstić information content (AvgIpc) is 2.28. The zero-order chi connectivity index (χ0) is 12.1. The number of non-ortho nitro benzene ring substituents is 1. The summed E-state index contributed by atoms with van der Waals surface area (Å²) in [6.45, 7) is 0.